The van der Waals surface area contributed by atoms with Crippen LogP contribution in [-0.2, 0) is 13.0 Å². The van der Waals surface area contributed by atoms with Crippen LogP contribution in [0.1, 0.15) is 46.6 Å². The molecule has 36 heavy (non-hydrogen) atoms. The molecule has 4 rings (SSSR count). The number of nitrogens with zero attached hydrogens (tertiary/aromatic N) is 2. The van der Waals surface area contributed by atoms with Crippen molar-refractivity contribution in [3.8, 4) is 5.88 Å². The molecule has 0 aliphatic heterocycles. The Labute approximate surface area is 220 Å². The molecule has 0 amide bonds. The number of aromatic nitrogens is 2. The topological polar surface area (TPSA) is 64.4 Å². The molecule has 7 heteroatoms. The monoisotopic (exact) mass is 520 g/mol. The fourth-order valence-electron chi connectivity index (χ4n) is 4.12. The Morgan fingerprint density at radius 1 is 1.19 bits per heavy atom. The molecule has 0 radical (unpaired) electrons. The number of aryl methyl sites for hydroxylation is 1. The molecule has 186 valence electrons. The van der Waals surface area contributed by atoms with Gasteiger partial charge in [0.15, 0.2) is 5.78 Å². The molecule has 0 saturated carbocycles. The molecule has 0 aliphatic carbocycles. The molecule has 1 atom stereocenters. The van der Waals surface area contributed by atoms with Gasteiger partial charge < -0.3 is 14.4 Å². The number of aliphatic hydroxyl groups excluding tert-OH is 1. The summed E-state index contributed by atoms with van der Waals surface area (Å²) in [6.07, 6.45) is 0.919. The molecule has 5 nitrogen and oxygen atoms in total. The smallest absolute Gasteiger partial charge is 0.214 e. The third-order valence-corrected chi connectivity index (χ3v) is 7.84. The van der Waals surface area contributed by atoms with Crippen LogP contribution in [0.4, 0.5) is 0 Å². The van der Waals surface area contributed by atoms with Crippen molar-refractivity contribution in [2.75, 3.05) is 7.11 Å². The van der Waals surface area contributed by atoms with Gasteiger partial charge in [0.2, 0.25) is 5.88 Å². The van der Waals surface area contributed by atoms with Crippen LogP contribution in [-0.4, -0.2) is 32.8 Å². The van der Waals surface area contributed by atoms with E-state index in [1.54, 1.807) is 13.2 Å². The molecule has 2 aromatic carbocycles. The molecule has 0 spiro atoms. The van der Waals surface area contributed by atoms with Crippen LogP contribution in [0.15, 0.2) is 71.8 Å². The summed E-state index contributed by atoms with van der Waals surface area (Å²) in [5.41, 5.74) is 4.83. The zero-order chi connectivity index (χ0) is 26.0. The van der Waals surface area contributed by atoms with E-state index < -0.39 is 0 Å². The van der Waals surface area contributed by atoms with Crippen molar-refractivity contribution >= 4 is 40.2 Å². The van der Waals surface area contributed by atoms with Crippen molar-refractivity contribution in [1.82, 2.24) is 9.55 Å². The van der Waals surface area contributed by atoms with Crippen LogP contribution in [0.5, 0.6) is 5.88 Å². The Bertz CT molecular complexity index is 1440. The highest BCUT2D eigenvalue weighted by Crippen LogP contribution is 2.33. The van der Waals surface area contributed by atoms with Gasteiger partial charge in [0.25, 0.3) is 0 Å². The second kappa shape index (κ2) is 10.8. The summed E-state index contributed by atoms with van der Waals surface area (Å²) >= 11 is 8.16. The number of halogens is 1. The summed E-state index contributed by atoms with van der Waals surface area (Å²) in [7, 11) is 1.57. The number of pyridine rings is 1. The number of hydrogen-bond acceptors (Lipinski definition) is 5. The number of ketones is 1. The number of carbonyl (C=O) groups is 1. The number of ether oxygens (including phenoxy) is 1. The SMILES string of the molecule is C=C(O)C(C)Sc1ccc(Cn2c(C)c(C(=O)c3ccc(CC)cc3)c3ccc(OC)nc32)c(Cl)c1. The molecule has 2 aromatic heterocycles. The van der Waals surface area contributed by atoms with E-state index in [2.05, 4.69) is 18.5 Å². The minimum Gasteiger partial charge on any atom is -0.512 e. The number of methoxy groups -OCH3 is 1. The number of hydrogen-bond donors (Lipinski definition) is 1. The van der Waals surface area contributed by atoms with E-state index >= 15 is 0 Å². The lowest BCUT2D eigenvalue weighted by atomic mass is 9.99. The second-order valence-corrected chi connectivity index (χ2v) is 10.5. The molecule has 0 bridgehead atoms. The molecule has 1 unspecified atom stereocenters. The molecule has 1 N–H and O–H groups in total. The largest absolute Gasteiger partial charge is 0.512 e. The van der Waals surface area contributed by atoms with Crippen LogP contribution in [0.2, 0.25) is 5.02 Å². The normalized spacial score (nSPS) is 12.0. The van der Waals surface area contributed by atoms with E-state index in [9.17, 15) is 9.90 Å². The first-order chi connectivity index (χ1) is 17.2. The quantitative estimate of drug-likeness (QED) is 0.141. The highest BCUT2D eigenvalue weighted by molar-refractivity contribution is 8.00. The lowest BCUT2D eigenvalue weighted by Gasteiger charge is -2.13. The summed E-state index contributed by atoms with van der Waals surface area (Å²) in [5, 5.41) is 10.9. The number of benzene rings is 2. The molecule has 0 fully saturated rings. The highest BCUT2D eigenvalue weighted by Gasteiger charge is 2.23. The van der Waals surface area contributed by atoms with Crippen molar-refractivity contribution in [2.45, 2.75) is 43.9 Å². The van der Waals surface area contributed by atoms with Crippen LogP contribution >= 0.6 is 23.4 Å². The van der Waals surface area contributed by atoms with Crippen LogP contribution in [0, 0.1) is 6.92 Å². The molecule has 4 aromatic rings. The summed E-state index contributed by atoms with van der Waals surface area (Å²) in [6, 6.07) is 17.3. The molecular weight excluding hydrogens is 492 g/mol. The molecular formula is C29H29ClN2O3S. The van der Waals surface area contributed by atoms with E-state index in [1.165, 1.54) is 17.3 Å². The first-order valence-electron chi connectivity index (χ1n) is 11.7. The average molecular weight is 521 g/mol. The zero-order valence-corrected chi connectivity index (χ0v) is 22.4. The fraction of sp³-hybridized carbons (Fsp3) is 0.241. The number of rotatable bonds is 9. The number of carbonyl (C=O) groups excluding carboxylic acids is 1. The lowest BCUT2D eigenvalue weighted by Crippen LogP contribution is -2.07. The van der Waals surface area contributed by atoms with Gasteiger partial charge in [-0.05, 0) is 49.6 Å². The summed E-state index contributed by atoms with van der Waals surface area (Å²) in [6.45, 7) is 9.96. The van der Waals surface area contributed by atoms with Gasteiger partial charge in [0, 0.05) is 32.6 Å². The van der Waals surface area contributed by atoms with E-state index in [-0.39, 0.29) is 16.8 Å². The standard InChI is InChI=1S/C29H29ClN2O3S/c1-6-20-7-9-21(10-8-20)28(34)27-17(2)32(29-24(27)13-14-26(31-29)35-5)16-22-11-12-23(15-25(22)30)36-19(4)18(3)33/h7-15,19,33H,3,6,16H2,1-2,4-5H3. The maximum absolute atomic E-state index is 13.6. The Morgan fingerprint density at radius 3 is 2.53 bits per heavy atom. The maximum atomic E-state index is 13.6. The Hall–Kier alpha value is -3.22. The second-order valence-electron chi connectivity index (χ2n) is 8.66. The van der Waals surface area contributed by atoms with Crippen molar-refractivity contribution < 1.29 is 14.6 Å². The summed E-state index contributed by atoms with van der Waals surface area (Å²) in [4.78, 5) is 19.3. The average Bonchev–Trinajstić information content (AvgIpc) is 3.15. The van der Waals surface area contributed by atoms with Gasteiger partial charge in [-0.3, -0.25) is 4.79 Å². The van der Waals surface area contributed by atoms with Gasteiger partial charge in [0.05, 0.1) is 30.2 Å². The predicted octanol–water partition coefficient (Wildman–Crippen LogP) is 7.40. The first-order valence-corrected chi connectivity index (χ1v) is 13.0. The van der Waals surface area contributed by atoms with Crippen LogP contribution < -0.4 is 4.74 Å². The Morgan fingerprint density at radius 2 is 1.92 bits per heavy atom. The maximum Gasteiger partial charge on any atom is 0.214 e. The van der Waals surface area contributed by atoms with E-state index in [4.69, 9.17) is 16.3 Å². The number of aliphatic hydroxyl groups is 1. The van der Waals surface area contributed by atoms with Gasteiger partial charge in [-0.2, -0.15) is 4.98 Å². The summed E-state index contributed by atoms with van der Waals surface area (Å²) < 4.78 is 7.39. The zero-order valence-electron chi connectivity index (χ0n) is 20.8. The number of thioether (sulfide) groups is 1. The van der Waals surface area contributed by atoms with Crippen molar-refractivity contribution in [3.63, 3.8) is 0 Å². The Kier molecular flexibility index (Phi) is 7.76. The van der Waals surface area contributed by atoms with E-state index in [0.29, 0.717) is 34.2 Å². The molecule has 2 heterocycles. The van der Waals surface area contributed by atoms with Crippen LogP contribution in [0.25, 0.3) is 11.0 Å². The van der Waals surface area contributed by atoms with E-state index in [1.807, 2.05) is 66.9 Å². The van der Waals surface area contributed by atoms with Crippen molar-refractivity contribution in [2.24, 2.45) is 0 Å². The lowest BCUT2D eigenvalue weighted by molar-refractivity contribution is 0.103. The summed E-state index contributed by atoms with van der Waals surface area (Å²) in [5.74, 6) is 0.557. The van der Waals surface area contributed by atoms with Gasteiger partial charge in [-0.25, -0.2) is 0 Å². The molecule has 0 aliphatic rings. The predicted molar refractivity (Wildman–Crippen MR) is 148 cm³/mol. The van der Waals surface area contributed by atoms with Gasteiger partial charge in [-0.1, -0.05) is 55.4 Å². The van der Waals surface area contributed by atoms with Crippen molar-refractivity contribution in [1.29, 1.82) is 0 Å². The van der Waals surface area contributed by atoms with Gasteiger partial charge in [0.1, 0.15) is 5.65 Å². The van der Waals surface area contributed by atoms with Gasteiger partial charge >= 0.3 is 0 Å². The highest BCUT2D eigenvalue weighted by atomic mass is 35.5. The molecule has 0 saturated heterocycles. The minimum absolute atomic E-state index is 0.0399. The third-order valence-electron chi connectivity index (χ3n) is 6.34. The number of fused-ring (bicyclic) bond motifs is 1. The third kappa shape index (κ3) is 5.15. The first kappa shape index (κ1) is 25.9. The minimum atomic E-state index is -0.140. The van der Waals surface area contributed by atoms with Crippen LogP contribution in [0.3, 0.4) is 0 Å². The fourth-order valence-corrected chi connectivity index (χ4v) is 5.30. The van der Waals surface area contributed by atoms with E-state index in [0.717, 1.165) is 28.0 Å². The van der Waals surface area contributed by atoms with Crippen molar-refractivity contribution in [3.05, 3.63) is 99.9 Å². The van der Waals surface area contributed by atoms with Gasteiger partial charge in [-0.15, -0.1) is 11.8 Å². The Balaban J connectivity index is 1.76.